The van der Waals surface area contributed by atoms with E-state index in [0.717, 1.165) is 44.4 Å². The van der Waals surface area contributed by atoms with Crippen molar-refractivity contribution < 1.29 is 8.81 Å². The second kappa shape index (κ2) is 7.62. The maximum Gasteiger partial charge on any atom is 0.268 e. The molecule has 0 spiro atoms. The van der Waals surface area contributed by atoms with E-state index in [1.165, 1.54) is 0 Å². The van der Waals surface area contributed by atoms with Gasteiger partial charge in [0.05, 0.1) is 12.6 Å². The lowest BCUT2D eigenvalue weighted by Gasteiger charge is -2.34. The molecule has 3 heterocycles. The van der Waals surface area contributed by atoms with Crippen LogP contribution in [0.1, 0.15) is 30.8 Å². The Morgan fingerprint density at radius 1 is 1.26 bits per heavy atom. The topological polar surface area (TPSA) is 63.3 Å². The van der Waals surface area contributed by atoms with Crippen molar-refractivity contribution in [1.29, 1.82) is 0 Å². The molecular weight excluding hydrogens is 347 g/mol. The average molecular weight is 370 g/mol. The van der Waals surface area contributed by atoms with Crippen LogP contribution in [0, 0.1) is 5.82 Å². The van der Waals surface area contributed by atoms with E-state index < -0.39 is 11.4 Å². The van der Waals surface area contributed by atoms with Crippen molar-refractivity contribution in [2.24, 2.45) is 0 Å². The summed E-state index contributed by atoms with van der Waals surface area (Å²) in [5, 5.41) is 3.27. The molecule has 7 heteroatoms. The second-order valence-corrected chi connectivity index (χ2v) is 6.82. The van der Waals surface area contributed by atoms with E-state index in [9.17, 15) is 9.18 Å². The van der Waals surface area contributed by atoms with Crippen LogP contribution >= 0.6 is 0 Å². The van der Waals surface area contributed by atoms with Gasteiger partial charge < -0.3 is 9.73 Å². The van der Waals surface area contributed by atoms with Crippen LogP contribution in [0.15, 0.2) is 45.8 Å². The van der Waals surface area contributed by atoms with Crippen LogP contribution in [0.5, 0.6) is 0 Å². The third-order valence-electron chi connectivity index (χ3n) is 5.14. The summed E-state index contributed by atoms with van der Waals surface area (Å²) < 4.78 is 21.0. The molecule has 1 aliphatic rings. The molecule has 142 valence electrons. The number of aromatic nitrogens is 2. The summed E-state index contributed by atoms with van der Waals surface area (Å²) in [5.41, 5.74) is 0.658. The van der Waals surface area contributed by atoms with Crippen LogP contribution in [-0.4, -0.2) is 40.6 Å². The summed E-state index contributed by atoms with van der Waals surface area (Å²) in [7, 11) is 0. The first-order valence-electron chi connectivity index (χ1n) is 9.35. The molecule has 1 N–H and O–H groups in total. The molecule has 1 saturated heterocycles. The zero-order chi connectivity index (χ0) is 18.8. The molecule has 4 rings (SSSR count). The molecule has 1 unspecified atom stereocenters. The van der Waals surface area contributed by atoms with Crippen LogP contribution in [0.25, 0.3) is 11.1 Å². The summed E-state index contributed by atoms with van der Waals surface area (Å²) in [6, 6.07) is 9.67. The number of rotatable bonds is 5. The number of hydrogen-bond acceptors (Lipinski definition) is 5. The van der Waals surface area contributed by atoms with Crippen LogP contribution < -0.4 is 10.9 Å². The van der Waals surface area contributed by atoms with Crippen molar-refractivity contribution in [1.82, 2.24) is 19.8 Å². The van der Waals surface area contributed by atoms with E-state index in [-0.39, 0.29) is 17.1 Å². The lowest BCUT2D eigenvalue weighted by Crippen LogP contribution is -2.46. The summed E-state index contributed by atoms with van der Waals surface area (Å²) >= 11 is 0. The van der Waals surface area contributed by atoms with Gasteiger partial charge in [0.15, 0.2) is 5.82 Å². The first-order chi connectivity index (χ1) is 13.2. The molecule has 1 aromatic carbocycles. The SMILES string of the molecule is CCC(c1nc2occ(F)c2c(=O)n1Cc1ccccc1)N1CCNCC1. The Hall–Kier alpha value is -2.51. The monoisotopic (exact) mass is 370 g/mol. The van der Waals surface area contributed by atoms with E-state index in [0.29, 0.717) is 12.4 Å². The lowest BCUT2D eigenvalue weighted by atomic mass is 10.1. The first-order valence-corrected chi connectivity index (χ1v) is 9.35. The fourth-order valence-corrected chi connectivity index (χ4v) is 3.78. The summed E-state index contributed by atoms with van der Waals surface area (Å²) in [6.07, 6.45) is 1.76. The van der Waals surface area contributed by atoms with Crippen molar-refractivity contribution in [3.05, 3.63) is 64.2 Å². The molecule has 27 heavy (non-hydrogen) atoms. The number of furan rings is 1. The zero-order valence-electron chi connectivity index (χ0n) is 15.3. The highest BCUT2D eigenvalue weighted by atomic mass is 19.1. The predicted octanol–water partition coefficient (Wildman–Crippen LogP) is 2.53. The van der Waals surface area contributed by atoms with Crippen LogP contribution in [-0.2, 0) is 6.54 Å². The minimum absolute atomic E-state index is 0.0268. The molecule has 6 nitrogen and oxygen atoms in total. The normalized spacial score (nSPS) is 16.7. The van der Waals surface area contributed by atoms with Gasteiger partial charge >= 0.3 is 0 Å². The molecule has 0 saturated carbocycles. The summed E-state index contributed by atoms with van der Waals surface area (Å²) in [4.78, 5) is 20.0. The van der Waals surface area contributed by atoms with Gasteiger partial charge in [-0.15, -0.1) is 0 Å². The number of fused-ring (bicyclic) bond motifs is 1. The smallest absolute Gasteiger partial charge is 0.268 e. The number of hydrogen-bond donors (Lipinski definition) is 1. The van der Waals surface area contributed by atoms with Crippen molar-refractivity contribution in [2.75, 3.05) is 26.2 Å². The van der Waals surface area contributed by atoms with Crippen molar-refractivity contribution in [3.63, 3.8) is 0 Å². The molecule has 0 radical (unpaired) electrons. The van der Waals surface area contributed by atoms with Crippen LogP contribution in [0.4, 0.5) is 4.39 Å². The van der Waals surface area contributed by atoms with E-state index in [1.807, 2.05) is 30.3 Å². The number of piperazine rings is 1. The maximum absolute atomic E-state index is 14.1. The maximum atomic E-state index is 14.1. The van der Waals surface area contributed by atoms with Gasteiger partial charge in [0.1, 0.15) is 17.5 Å². The fourth-order valence-electron chi connectivity index (χ4n) is 3.78. The minimum Gasteiger partial charge on any atom is -0.443 e. The van der Waals surface area contributed by atoms with Gasteiger partial charge in [-0.05, 0) is 12.0 Å². The Morgan fingerprint density at radius 2 is 2.00 bits per heavy atom. The minimum atomic E-state index is -0.661. The molecular formula is C20H23FN4O2. The van der Waals surface area contributed by atoms with E-state index in [1.54, 1.807) is 4.57 Å². The Labute approximate surface area is 156 Å². The van der Waals surface area contributed by atoms with Crippen LogP contribution in [0.2, 0.25) is 0 Å². The molecule has 0 bridgehead atoms. The van der Waals surface area contributed by atoms with Gasteiger partial charge in [-0.2, -0.15) is 4.98 Å². The van der Waals surface area contributed by atoms with Crippen molar-refractivity contribution in [3.8, 4) is 0 Å². The predicted molar refractivity (Wildman–Crippen MR) is 101 cm³/mol. The molecule has 1 atom stereocenters. The zero-order valence-corrected chi connectivity index (χ0v) is 15.3. The standard InChI is InChI=1S/C20H23FN4O2/c1-2-16(24-10-8-22-9-11-24)18-23-19-17(15(21)13-27-19)20(26)25(18)12-14-6-4-3-5-7-14/h3-7,13,16,22H,2,8-12H2,1H3. The summed E-state index contributed by atoms with van der Waals surface area (Å²) in [5.74, 6) is -0.0267. The van der Waals surface area contributed by atoms with Gasteiger partial charge in [0.25, 0.3) is 5.56 Å². The number of nitrogens with one attached hydrogen (secondary N) is 1. The highest BCUT2D eigenvalue weighted by Gasteiger charge is 2.27. The lowest BCUT2D eigenvalue weighted by molar-refractivity contribution is 0.158. The molecule has 1 aliphatic heterocycles. The number of nitrogens with zero attached hydrogens (tertiary/aromatic N) is 3. The Bertz CT molecular complexity index is 977. The quantitative estimate of drug-likeness (QED) is 0.748. The third-order valence-corrected chi connectivity index (χ3v) is 5.14. The van der Waals surface area contributed by atoms with E-state index >= 15 is 0 Å². The van der Waals surface area contributed by atoms with E-state index in [4.69, 9.17) is 4.42 Å². The largest absolute Gasteiger partial charge is 0.443 e. The Balaban J connectivity index is 1.86. The Morgan fingerprint density at radius 3 is 2.70 bits per heavy atom. The summed E-state index contributed by atoms with van der Waals surface area (Å²) in [6.45, 7) is 5.99. The highest BCUT2D eigenvalue weighted by Crippen LogP contribution is 2.25. The van der Waals surface area contributed by atoms with E-state index in [2.05, 4.69) is 22.1 Å². The van der Waals surface area contributed by atoms with Crippen molar-refractivity contribution in [2.45, 2.75) is 25.9 Å². The van der Waals surface area contributed by atoms with Crippen molar-refractivity contribution >= 4 is 11.1 Å². The molecule has 3 aromatic rings. The first kappa shape index (κ1) is 17.9. The number of halogens is 1. The van der Waals surface area contributed by atoms with Crippen LogP contribution in [0.3, 0.4) is 0 Å². The van der Waals surface area contributed by atoms with Gasteiger partial charge in [-0.3, -0.25) is 14.3 Å². The second-order valence-electron chi connectivity index (χ2n) is 6.82. The van der Waals surface area contributed by atoms with Gasteiger partial charge in [0, 0.05) is 26.2 Å². The molecule has 0 amide bonds. The van der Waals surface area contributed by atoms with Gasteiger partial charge in [0.2, 0.25) is 5.71 Å². The molecule has 1 fully saturated rings. The average Bonchev–Trinajstić information content (AvgIpc) is 3.08. The third kappa shape index (κ3) is 3.40. The number of benzene rings is 1. The van der Waals surface area contributed by atoms with Gasteiger partial charge in [-0.25, -0.2) is 4.39 Å². The Kier molecular flexibility index (Phi) is 5.05. The fraction of sp³-hybridized carbons (Fsp3) is 0.400. The highest BCUT2D eigenvalue weighted by molar-refractivity contribution is 5.72. The molecule has 2 aromatic heterocycles. The van der Waals surface area contributed by atoms with Gasteiger partial charge in [-0.1, -0.05) is 37.3 Å². The molecule has 0 aliphatic carbocycles.